The number of hydrogen-bond donors (Lipinski definition) is 0. The van der Waals surface area contributed by atoms with Crippen LogP contribution in [0, 0.1) is 0 Å². The molecule has 0 bridgehead atoms. The molecule has 0 radical (unpaired) electrons. The van der Waals surface area contributed by atoms with E-state index in [1.54, 1.807) is 42.5 Å². The molecule has 0 spiro atoms. The molecule has 1 aliphatic rings. The summed E-state index contributed by atoms with van der Waals surface area (Å²) in [6.45, 7) is 10.7. The van der Waals surface area contributed by atoms with E-state index in [1.807, 2.05) is 78.9 Å². The summed E-state index contributed by atoms with van der Waals surface area (Å²) in [7, 11) is -2.08. The fraction of sp³-hybridized carbons (Fsp3) is 0.155. The highest BCUT2D eigenvalue weighted by Gasteiger charge is 2.33. The quantitative estimate of drug-likeness (QED) is 0.143. The van der Waals surface area contributed by atoms with Crippen LogP contribution in [0.25, 0.3) is 61.0 Å². The summed E-state index contributed by atoms with van der Waals surface area (Å²) in [5.74, 6) is 0.909. The minimum atomic E-state index is -2.71. The van der Waals surface area contributed by atoms with Gasteiger partial charge in [0, 0.05) is 50.8 Å². The Morgan fingerprint density at radius 3 is 1.95 bits per heavy atom. The Labute approximate surface area is 395 Å². The van der Waals surface area contributed by atoms with Crippen molar-refractivity contribution in [2.45, 2.75) is 45.8 Å². The van der Waals surface area contributed by atoms with Crippen molar-refractivity contribution in [3.05, 3.63) is 187 Å². The van der Waals surface area contributed by atoms with E-state index in [4.69, 9.17) is 17.9 Å². The van der Waals surface area contributed by atoms with Gasteiger partial charge in [0.05, 0.1) is 55.4 Å². The number of aromatic nitrogens is 3. The fourth-order valence-corrected chi connectivity index (χ4v) is 10.1. The number of imidazole rings is 1. The maximum absolute atomic E-state index is 9.98. The van der Waals surface area contributed by atoms with Crippen LogP contribution in [0.2, 0.25) is 19.6 Å². The summed E-state index contributed by atoms with van der Waals surface area (Å²) in [5, 5.41) is 1.83. The first-order valence-corrected chi connectivity index (χ1v) is 25.4. The van der Waals surface area contributed by atoms with Crippen molar-refractivity contribution in [1.82, 2.24) is 14.1 Å². The van der Waals surface area contributed by atoms with Gasteiger partial charge in [-0.05, 0) is 88.8 Å². The average molecular weight is 873 g/mol. The van der Waals surface area contributed by atoms with Crippen LogP contribution in [0.3, 0.4) is 0 Å². The first-order valence-electron chi connectivity index (χ1n) is 26.4. The molecule has 0 aliphatic carbocycles. The lowest BCUT2D eigenvalue weighted by Crippen LogP contribution is -2.38. The van der Waals surface area contributed by atoms with Crippen LogP contribution in [0.4, 0.5) is 22.7 Å². The Balaban J connectivity index is 1.10. The fourth-order valence-electron chi connectivity index (χ4n) is 8.92. The second-order valence-electron chi connectivity index (χ2n) is 18.7. The second-order valence-corrected chi connectivity index (χ2v) is 23.8. The van der Waals surface area contributed by atoms with Gasteiger partial charge in [-0.1, -0.05) is 149 Å². The molecule has 0 saturated heterocycles. The molecule has 65 heavy (non-hydrogen) atoms. The number of ether oxygens (including phenoxy) is 1. The van der Waals surface area contributed by atoms with Gasteiger partial charge in [0.2, 0.25) is 5.95 Å². The molecule has 3 heterocycles. The molecular weight excluding hydrogens is 811 g/mol. The van der Waals surface area contributed by atoms with E-state index in [0.717, 1.165) is 54.8 Å². The molecule has 8 aromatic carbocycles. The van der Waals surface area contributed by atoms with E-state index < -0.39 is 32.5 Å². The number of rotatable bonds is 8. The van der Waals surface area contributed by atoms with Gasteiger partial charge in [0.15, 0.2) is 0 Å². The van der Waals surface area contributed by atoms with Gasteiger partial charge < -0.3 is 19.1 Å². The molecule has 0 unspecified atom stereocenters. The molecule has 0 atom stereocenters. The summed E-state index contributed by atoms with van der Waals surface area (Å²) >= 11 is 0. The highest BCUT2D eigenvalue weighted by molar-refractivity contribution is 6.88. The molecule has 1 aliphatic heterocycles. The van der Waals surface area contributed by atoms with E-state index >= 15 is 0 Å². The topological polar surface area (TPSA) is 38.5 Å². The van der Waals surface area contributed by atoms with E-state index in [1.165, 1.54) is 4.57 Å². The monoisotopic (exact) mass is 872 g/mol. The number of aryl methyl sites for hydroxylation is 1. The van der Waals surface area contributed by atoms with E-state index in [0.29, 0.717) is 57.8 Å². The first-order chi connectivity index (χ1) is 35.1. The van der Waals surface area contributed by atoms with Gasteiger partial charge in [0.25, 0.3) is 0 Å². The smallest absolute Gasteiger partial charge is 0.215 e. The molecule has 0 saturated carbocycles. The number of nitrogens with zero attached hydrogens (tertiary/aromatic N) is 5. The number of anilines is 4. The van der Waals surface area contributed by atoms with E-state index in [-0.39, 0.29) is 28.9 Å². The van der Waals surface area contributed by atoms with Crippen molar-refractivity contribution in [3.8, 4) is 39.7 Å². The van der Waals surface area contributed by atoms with Crippen LogP contribution >= 0.6 is 0 Å². The zero-order valence-electron chi connectivity index (χ0n) is 46.2. The minimum Gasteiger partial charge on any atom is -0.457 e. The average Bonchev–Trinajstić information content (AvgIpc) is 4.06. The summed E-state index contributed by atoms with van der Waals surface area (Å²) < 4.78 is 91.1. The Morgan fingerprint density at radius 1 is 0.631 bits per heavy atom. The van der Waals surface area contributed by atoms with Crippen LogP contribution in [0.5, 0.6) is 11.5 Å². The largest absolute Gasteiger partial charge is 0.457 e. The van der Waals surface area contributed by atoms with Crippen molar-refractivity contribution in [1.29, 1.82) is 0 Å². The van der Waals surface area contributed by atoms with Crippen molar-refractivity contribution in [2.75, 3.05) is 16.5 Å². The van der Waals surface area contributed by atoms with Gasteiger partial charge >= 0.3 is 0 Å². The molecule has 10 aromatic rings. The molecule has 0 amide bonds. The number of para-hydroxylation sites is 5. The molecule has 6 nitrogen and oxygen atoms in total. The van der Waals surface area contributed by atoms with Gasteiger partial charge in [-0.3, -0.25) is 4.57 Å². The second kappa shape index (κ2) is 15.4. The SMILES string of the molecule is [2H]c1c(-c2ccccc2)c(N2CN(c3cc(Oc4ccc5c6c([2H])c([2H])c([2H])c([2H])c6n(-c6nc7ccccc7n6C([2H])([2H])[2H])c5c4)cc([Si](C)(C)C)c3)c3ccccc32)c(-c2ccccc2)c([2H])c1C(C)(C)C. The van der Waals surface area contributed by atoms with Gasteiger partial charge in [0.1, 0.15) is 18.2 Å². The number of benzene rings is 8. The van der Waals surface area contributed by atoms with Gasteiger partial charge in [-0.25, -0.2) is 4.98 Å². The van der Waals surface area contributed by atoms with Crippen molar-refractivity contribution < 1.29 is 17.1 Å². The van der Waals surface area contributed by atoms with Crippen LogP contribution in [-0.2, 0) is 12.4 Å². The number of fused-ring (bicyclic) bond motifs is 5. The third kappa shape index (κ3) is 7.07. The molecule has 320 valence electrons. The van der Waals surface area contributed by atoms with Crippen LogP contribution in [-0.4, -0.2) is 28.9 Å². The lowest BCUT2D eigenvalue weighted by atomic mass is 9.82. The van der Waals surface area contributed by atoms with Crippen molar-refractivity contribution >= 4 is 68.8 Å². The maximum atomic E-state index is 9.98. The third-order valence-corrected chi connectivity index (χ3v) is 14.3. The Bertz CT molecular complexity index is 3830. The zero-order chi connectivity index (χ0) is 52.3. The molecule has 11 rings (SSSR count). The van der Waals surface area contributed by atoms with Crippen molar-refractivity contribution in [3.63, 3.8) is 0 Å². The zero-order valence-corrected chi connectivity index (χ0v) is 38.2. The highest BCUT2D eigenvalue weighted by atomic mass is 28.3. The van der Waals surface area contributed by atoms with E-state index in [9.17, 15) is 4.11 Å². The van der Waals surface area contributed by atoms with E-state index in [2.05, 4.69) is 74.5 Å². The maximum Gasteiger partial charge on any atom is 0.215 e. The summed E-state index contributed by atoms with van der Waals surface area (Å²) in [6, 6.07) is 46.0. The molecular formula is C58H53N5OSi. The molecule has 7 heteroatoms. The highest BCUT2D eigenvalue weighted by Crippen LogP contribution is 2.51. The minimum absolute atomic E-state index is 0.0254. The predicted molar refractivity (Wildman–Crippen MR) is 276 cm³/mol. The van der Waals surface area contributed by atoms with Gasteiger partial charge in [-0.2, -0.15) is 0 Å². The van der Waals surface area contributed by atoms with Gasteiger partial charge in [-0.15, -0.1) is 0 Å². The standard InChI is InChI=1S/C58H53N5OSi/c1-58(2,3)41-32-48(39-20-10-8-11-21-39)56(49(33-41)40-22-12-9-13-23-40)62-38-61(53-28-18-19-29-54(53)62)42-34-44(36-45(35-42)65(5,6)7)64-43-30-31-47-46-24-14-16-26-51(46)63(55(47)37-43)57-59-50-25-15-17-27-52(50)60(57)4/h8-37H,38H2,1-7H3/i4D3,14D,16D,24D,26D,32D,33D. The number of hydrogen-bond acceptors (Lipinski definition) is 4. The summed E-state index contributed by atoms with van der Waals surface area (Å²) in [5.41, 5.74) is 8.15. The third-order valence-electron chi connectivity index (χ3n) is 12.3. The summed E-state index contributed by atoms with van der Waals surface area (Å²) in [6.07, 6.45) is 0. The van der Waals surface area contributed by atoms with Crippen LogP contribution in [0.1, 0.15) is 38.7 Å². The van der Waals surface area contributed by atoms with Crippen LogP contribution in [0.15, 0.2) is 182 Å². The molecule has 2 aromatic heterocycles. The lowest BCUT2D eigenvalue weighted by molar-refractivity contribution is 0.484. The summed E-state index contributed by atoms with van der Waals surface area (Å²) in [4.78, 5) is 9.31. The lowest BCUT2D eigenvalue weighted by Gasteiger charge is -2.30. The predicted octanol–water partition coefficient (Wildman–Crippen LogP) is 14.9. The normalized spacial score (nSPS) is 15.2. The molecule has 0 N–H and O–H groups in total. The Kier molecular flexibility index (Phi) is 7.47. The van der Waals surface area contributed by atoms with Crippen molar-refractivity contribution in [2.24, 2.45) is 6.98 Å². The Hall–Kier alpha value is -7.35. The first kappa shape index (κ1) is 31.5. The molecule has 0 fully saturated rings. The van der Waals surface area contributed by atoms with Crippen LogP contribution < -0.4 is 19.7 Å². The Morgan fingerprint density at radius 2 is 1.28 bits per heavy atom.